The summed E-state index contributed by atoms with van der Waals surface area (Å²) in [5.74, 6) is -0.420. The van der Waals surface area contributed by atoms with Crippen molar-refractivity contribution >= 4 is 15.7 Å². The molecule has 0 saturated heterocycles. The van der Waals surface area contributed by atoms with Gasteiger partial charge in [0.15, 0.2) is 0 Å². The number of hydrogen-bond donors (Lipinski definition) is 1. The van der Waals surface area contributed by atoms with Gasteiger partial charge in [0.05, 0.1) is 18.6 Å². The highest BCUT2D eigenvalue weighted by Crippen LogP contribution is 2.19. The molecular weight excluding hydrogens is 281 g/mol. The summed E-state index contributed by atoms with van der Waals surface area (Å²) in [6.45, 7) is 0. The molecule has 0 aliphatic carbocycles. The smallest absolute Gasteiger partial charge is 0.237 e. The van der Waals surface area contributed by atoms with Crippen LogP contribution in [0.3, 0.4) is 0 Å². The molecule has 0 atom stereocenters. The minimum atomic E-state index is -3.68. The molecule has 0 aromatic heterocycles. The molecule has 0 spiro atoms. The fourth-order valence-corrected chi connectivity index (χ4v) is 2.92. The van der Waals surface area contributed by atoms with E-state index in [9.17, 15) is 12.8 Å². The van der Waals surface area contributed by atoms with Gasteiger partial charge in [0, 0.05) is 11.6 Å². The van der Waals surface area contributed by atoms with Gasteiger partial charge in [-0.15, -0.1) is 0 Å². The van der Waals surface area contributed by atoms with E-state index in [0.29, 0.717) is 11.4 Å². The molecule has 0 bridgehead atoms. The summed E-state index contributed by atoms with van der Waals surface area (Å²) < 4.78 is 44.9. The largest absolute Gasteiger partial charge is 0.497 e. The van der Waals surface area contributed by atoms with Crippen LogP contribution in [0.5, 0.6) is 5.75 Å². The summed E-state index contributed by atoms with van der Waals surface area (Å²) >= 11 is 0. The van der Waals surface area contributed by atoms with Crippen LogP contribution < -0.4 is 9.46 Å². The van der Waals surface area contributed by atoms with E-state index >= 15 is 0 Å². The lowest BCUT2D eigenvalue weighted by molar-refractivity contribution is 0.415. The van der Waals surface area contributed by atoms with Crippen LogP contribution in [0, 0.1) is 5.82 Å². The van der Waals surface area contributed by atoms with E-state index in [2.05, 4.69) is 4.72 Å². The van der Waals surface area contributed by atoms with E-state index in [-0.39, 0.29) is 5.56 Å². The standard InChI is InChI=1S/C14H14FNO3S/c1-19-13-7-4-6-12(9-13)16-20(17,18)10-11-5-2-3-8-14(11)15/h2-9,16H,10H2,1H3. The van der Waals surface area contributed by atoms with E-state index in [0.717, 1.165) is 0 Å². The molecule has 0 amide bonds. The first-order valence-corrected chi connectivity index (χ1v) is 7.53. The van der Waals surface area contributed by atoms with Crippen LogP contribution >= 0.6 is 0 Å². The number of methoxy groups -OCH3 is 1. The van der Waals surface area contributed by atoms with Crippen LogP contribution in [0.1, 0.15) is 5.56 Å². The van der Waals surface area contributed by atoms with Gasteiger partial charge in [-0.3, -0.25) is 4.72 Å². The molecular formula is C14H14FNO3S. The summed E-state index contributed by atoms with van der Waals surface area (Å²) in [5, 5.41) is 0. The zero-order valence-electron chi connectivity index (χ0n) is 10.8. The molecule has 2 aromatic carbocycles. The first kappa shape index (κ1) is 14.3. The van der Waals surface area contributed by atoms with Gasteiger partial charge in [0.2, 0.25) is 10.0 Å². The molecule has 0 saturated carbocycles. The average Bonchev–Trinajstić information content (AvgIpc) is 2.41. The number of anilines is 1. The van der Waals surface area contributed by atoms with Gasteiger partial charge in [-0.05, 0) is 18.2 Å². The Bertz CT molecular complexity index is 701. The fraction of sp³-hybridized carbons (Fsp3) is 0.143. The second kappa shape index (κ2) is 5.92. The SMILES string of the molecule is COc1cccc(NS(=O)(=O)Cc2ccccc2F)c1. The second-order valence-corrected chi connectivity index (χ2v) is 5.91. The van der Waals surface area contributed by atoms with E-state index in [4.69, 9.17) is 4.74 Å². The maximum absolute atomic E-state index is 13.5. The quantitative estimate of drug-likeness (QED) is 0.923. The molecule has 2 aromatic rings. The molecule has 0 aliphatic rings. The van der Waals surface area contributed by atoms with Crippen molar-refractivity contribution in [2.45, 2.75) is 5.75 Å². The van der Waals surface area contributed by atoms with Crippen molar-refractivity contribution in [3.05, 3.63) is 59.9 Å². The Kier molecular flexibility index (Phi) is 4.24. The van der Waals surface area contributed by atoms with Gasteiger partial charge < -0.3 is 4.74 Å². The van der Waals surface area contributed by atoms with Crippen LogP contribution in [-0.2, 0) is 15.8 Å². The number of hydrogen-bond acceptors (Lipinski definition) is 3. The van der Waals surface area contributed by atoms with Crippen molar-refractivity contribution in [2.75, 3.05) is 11.8 Å². The Morgan fingerprint density at radius 3 is 2.60 bits per heavy atom. The van der Waals surface area contributed by atoms with E-state index in [1.165, 1.54) is 25.3 Å². The van der Waals surface area contributed by atoms with E-state index in [1.807, 2.05) is 0 Å². The Balaban J connectivity index is 2.17. The van der Waals surface area contributed by atoms with Crippen molar-refractivity contribution in [3.8, 4) is 5.75 Å². The molecule has 4 nitrogen and oxygen atoms in total. The Hall–Kier alpha value is -2.08. The monoisotopic (exact) mass is 295 g/mol. The number of sulfonamides is 1. The Labute approximate surface area is 117 Å². The summed E-state index contributed by atoms with van der Waals surface area (Å²) in [7, 11) is -2.19. The number of nitrogens with one attached hydrogen (secondary N) is 1. The normalized spacial score (nSPS) is 11.1. The third-order valence-electron chi connectivity index (χ3n) is 2.65. The van der Waals surface area contributed by atoms with Gasteiger partial charge in [-0.2, -0.15) is 0 Å². The maximum atomic E-state index is 13.5. The molecule has 0 radical (unpaired) electrons. The van der Waals surface area contributed by atoms with Crippen molar-refractivity contribution in [1.29, 1.82) is 0 Å². The van der Waals surface area contributed by atoms with Gasteiger partial charge in [0.25, 0.3) is 0 Å². The molecule has 6 heteroatoms. The second-order valence-electron chi connectivity index (χ2n) is 4.18. The summed E-state index contributed by atoms with van der Waals surface area (Å²) in [4.78, 5) is 0. The lowest BCUT2D eigenvalue weighted by Crippen LogP contribution is -2.15. The van der Waals surface area contributed by atoms with Gasteiger partial charge in [0.1, 0.15) is 11.6 Å². The Morgan fingerprint density at radius 2 is 1.90 bits per heavy atom. The predicted octanol–water partition coefficient (Wildman–Crippen LogP) is 2.78. The predicted molar refractivity (Wildman–Crippen MR) is 75.6 cm³/mol. The van der Waals surface area contributed by atoms with Crippen molar-refractivity contribution in [3.63, 3.8) is 0 Å². The summed E-state index contributed by atoms with van der Waals surface area (Å²) in [5.41, 5.74) is 0.503. The zero-order chi connectivity index (χ0) is 14.6. The zero-order valence-corrected chi connectivity index (χ0v) is 11.7. The molecule has 0 heterocycles. The third kappa shape index (κ3) is 3.71. The van der Waals surface area contributed by atoms with Crippen LogP contribution in [0.25, 0.3) is 0 Å². The minimum absolute atomic E-state index is 0.128. The number of benzene rings is 2. The van der Waals surface area contributed by atoms with Crippen molar-refractivity contribution in [2.24, 2.45) is 0 Å². The van der Waals surface area contributed by atoms with E-state index in [1.54, 1.807) is 30.3 Å². The number of rotatable bonds is 5. The van der Waals surface area contributed by atoms with Crippen LogP contribution in [0.2, 0.25) is 0 Å². The molecule has 0 aliphatic heterocycles. The number of halogens is 1. The van der Waals surface area contributed by atoms with Crippen molar-refractivity contribution in [1.82, 2.24) is 0 Å². The molecule has 0 unspecified atom stereocenters. The maximum Gasteiger partial charge on any atom is 0.237 e. The molecule has 1 N–H and O–H groups in total. The highest BCUT2D eigenvalue weighted by Gasteiger charge is 2.14. The third-order valence-corrected chi connectivity index (χ3v) is 3.88. The highest BCUT2D eigenvalue weighted by molar-refractivity contribution is 7.91. The lowest BCUT2D eigenvalue weighted by Gasteiger charge is -2.09. The fourth-order valence-electron chi connectivity index (χ4n) is 1.72. The van der Waals surface area contributed by atoms with Crippen LogP contribution in [-0.4, -0.2) is 15.5 Å². The lowest BCUT2D eigenvalue weighted by atomic mass is 10.2. The topological polar surface area (TPSA) is 55.4 Å². The number of ether oxygens (including phenoxy) is 1. The molecule has 0 fully saturated rings. The van der Waals surface area contributed by atoms with Crippen LogP contribution in [0.15, 0.2) is 48.5 Å². The first-order valence-electron chi connectivity index (χ1n) is 5.88. The average molecular weight is 295 g/mol. The van der Waals surface area contributed by atoms with Gasteiger partial charge >= 0.3 is 0 Å². The minimum Gasteiger partial charge on any atom is -0.497 e. The first-order chi connectivity index (χ1) is 9.50. The molecule has 2 rings (SSSR count). The van der Waals surface area contributed by atoms with Crippen molar-refractivity contribution < 1.29 is 17.5 Å². The highest BCUT2D eigenvalue weighted by atomic mass is 32.2. The van der Waals surface area contributed by atoms with E-state index < -0.39 is 21.6 Å². The van der Waals surface area contributed by atoms with Crippen LogP contribution in [0.4, 0.5) is 10.1 Å². The molecule has 20 heavy (non-hydrogen) atoms. The molecule has 106 valence electrons. The summed E-state index contributed by atoms with van der Waals surface area (Å²) in [6, 6.07) is 12.3. The van der Waals surface area contributed by atoms with Gasteiger partial charge in [-0.25, -0.2) is 12.8 Å². The summed E-state index contributed by atoms with van der Waals surface area (Å²) in [6.07, 6.45) is 0. The van der Waals surface area contributed by atoms with Gasteiger partial charge in [-0.1, -0.05) is 24.3 Å². The Morgan fingerprint density at radius 1 is 1.15 bits per heavy atom.